The number of thiophene rings is 1. The Kier molecular flexibility index (Phi) is 2.36. The zero-order chi connectivity index (χ0) is 9.26. The van der Waals surface area contributed by atoms with Crippen molar-refractivity contribution in [2.24, 2.45) is 5.92 Å². The van der Waals surface area contributed by atoms with Gasteiger partial charge in [0, 0.05) is 6.54 Å². The molecule has 1 aromatic rings. The Labute approximate surface area is 82.0 Å². The molecule has 1 saturated carbocycles. The molecule has 1 N–H and O–H groups in total. The fraction of sp³-hybridized carbons (Fsp3) is 0.500. The topological polar surface area (TPSA) is 29.1 Å². The molecule has 1 heterocycles. The van der Waals surface area contributed by atoms with Gasteiger partial charge in [-0.2, -0.15) is 0 Å². The Morgan fingerprint density at radius 1 is 1.69 bits per heavy atom. The smallest absolute Gasteiger partial charge is 0.261 e. The van der Waals surface area contributed by atoms with E-state index in [0.717, 1.165) is 22.9 Å². The largest absolute Gasteiger partial charge is 0.351 e. The second kappa shape index (κ2) is 3.50. The van der Waals surface area contributed by atoms with Gasteiger partial charge in [0.1, 0.15) is 0 Å². The number of amides is 1. The van der Waals surface area contributed by atoms with Gasteiger partial charge in [-0.25, -0.2) is 0 Å². The van der Waals surface area contributed by atoms with E-state index < -0.39 is 0 Å². The van der Waals surface area contributed by atoms with Crippen molar-refractivity contribution >= 4 is 17.2 Å². The maximum atomic E-state index is 11.6. The zero-order valence-corrected chi connectivity index (χ0v) is 8.49. The molecule has 1 aliphatic carbocycles. The Hall–Kier alpha value is -0.830. The molecule has 13 heavy (non-hydrogen) atoms. The maximum Gasteiger partial charge on any atom is 0.261 e. The number of hydrogen-bond acceptors (Lipinski definition) is 2. The maximum absolute atomic E-state index is 11.6. The van der Waals surface area contributed by atoms with Gasteiger partial charge in [-0.05, 0) is 42.7 Å². The van der Waals surface area contributed by atoms with Gasteiger partial charge in [-0.1, -0.05) is 0 Å². The van der Waals surface area contributed by atoms with Gasteiger partial charge in [0.2, 0.25) is 0 Å². The molecule has 2 rings (SSSR count). The van der Waals surface area contributed by atoms with E-state index in [1.54, 1.807) is 0 Å². The molecule has 0 radical (unpaired) electrons. The molecular weight excluding hydrogens is 182 g/mol. The van der Waals surface area contributed by atoms with E-state index in [2.05, 4.69) is 5.32 Å². The SMILES string of the molecule is Cc1ccsc1C(=O)NCC1CC1. The van der Waals surface area contributed by atoms with Crippen LogP contribution in [0, 0.1) is 12.8 Å². The summed E-state index contributed by atoms with van der Waals surface area (Å²) < 4.78 is 0. The van der Waals surface area contributed by atoms with Crippen molar-refractivity contribution < 1.29 is 4.79 Å². The van der Waals surface area contributed by atoms with E-state index in [0.29, 0.717) is 0 Å². The zero-order valence-electron chi connectivity index (χ0n) is 7.67. The lowest BCUT2D eigenvalue weighted by molar-refractivity contribution is 0.0955. The van der Waals surface area contributed by atoms with Gasteiger partial charge in [-0.3, -0.25) is 4.79 Å². The quantitative estimate of drug-likeness (QED) is 0.787. The average Bonchev–Trinajstić information content (AvgIpc) is 2.84. The van der Waals surface area contributed by atoms with Crippen LogP contribution in [0.4, 0.5) is 0 Å². The van der Waals surface area contributed by atoms with Crippen molar-refractivity contribution in [3.8, 4) is 0 Å². The van der Waals surface area contributed by atoms with Crippen LogP contribution >= 0.6 is 11.3 Å². The van der Waals surface area contributed by atoms with Crippen molar-refractivity contribution in [2.75, 3.05) is 6.54 Å². The van der Waals surface area contributed by atoms with Gasteiger partial charge >= 0.3 is 0 Å². The number of rotatable bonds is 3. The highest BCUT2D eigenvalue weighted by Crippen LogP contribution is 2.27. The lowest BCUT2D eigenvalue weighted by atomic mass is 10.3. The van der Waals surface area contributed by atoms with Crippen molar-refractivity contribution in [1.82, 2.24) is 5.32 Å². The van der Waals surface area contributed by atoms with Crippen LogP contribution in [-0.2, 0) is 0 Å². The van der Waals surface area contributed by atoms with Gasteiger partial charge in [0.25, 0.3) is 5.91 Å². The summed E-state index contributed by atoms with van der Waals surface area (Å²) in [6, 6.07) is 1.98. The Balaban J connectivity index is 1.92. The van der Waals surface area contributed by atoms with Crippen LogP contribution in [0.5, 0.6) is 0 Å². The first-order valence-corrected chi connectivity index (χ1v) is 5.47. The third-order valence-corrected chi connectivity index (χ3v) is 3.33. The lowest BCUT2D eigenvalue weighted by Gasteiger charge is -2.02. The molecule has 3 heteroatoms. The number of hydrogen-bond donors (Lipinski definition) is 1. The molecule has 1 aliphatic rings. The fourth-order valence-corrected chi connectivity index (χ4v) is 2.09. The van der Waals surface area contributed by atoms with Crippen molar-refractivity contribution in [3.63, 3.8) is 0 Å². The van der Waals surface area contributed by atoms with E-state index in [9.17, 15) is 4.79 Å². The predicted octanol–water partition coefficient (Wildman–Crippen LogP) is 2.20. The minimum Gasteiger partial charge on any atom is -0.351 e. The van der Waals surface area contributed by atoms with Gasteiger partial charge in [0.05, 0.1) is 4.88 Å². The molecule has 0 bridgehead atoms. The summed E-state index contributed by atoms with van der Waals surface area (Å²) >= 11 is 1.52. The second-order valence-electron chi connectivity index (χ2n) is 3.59. The lowest BCUT2D eigenvalue weighted by Crippen LogP contribution is -2.25. The summed E-state index contributed by atoms with van der Waals surface area (Å²) in [5.74, 6) is 0.851. The average molecular weight is 195 g/mol. The highest BCUT2D eigenvalue weighted by atomic mass is 32.1. The number of carbonyl (C=O) groups excluding carboxylic acids is 1. The van der Waals surface area contributed by atoms with Crippen molar-refractivity contribution in [2.45, 2.75) is 19.8 Å². The number of aryl methyl sites for hydroxylation is 1. The highest BCUT2D eigenvalue weighted by Gasteiger charge is 2.22. The molecule has 0 atom stereocenters. The minimum absolute atomic E-state index is 0.0967. The molecule has 1 amide bonds. The molecule has 1 fully saturated rings. The predicted molar refractivity (Wildman–Crippen MR) is 54.1 cm³/mol. The molecule has 0 aromatic carbocycles. The molecule has 2 nitrogen and oxygen atoms in total. The molecule has 0 unspecified atom stereocenters. The normalized spacial score (nSPS) is 15.8. The van der Waals surface area contributed by atoms with Crippen LogP contribution < -0.4 is 5.32 Å². The Bertz CT molecular complexity index is 314. The molecular formula is C10H13NOS. The first kappa shape index (κ1) is 8.75. The Morgan fingerprint density at radius 2 is 2.46 bits per heavy atom. The van der Waals surface area contributed by atoms with Crippen LogP contribution in [0.25, 0.3) is 0 Å². The Morgan fingerprint density at radius 3 is 3.00 bits per heavy atom. The van der Waals surface area contributed by atoms with E-state index in [4.69, 9.17) is 0 Å². The summed E-state index contributed by atoms with van der Waals surface area (Å²) in [7, 11) is 0. The monoisotopic (exact) mass is 195 g/mol. The summed E-state index contributed by atoms with van der Waals surface area (Å²) in [6.45, 7) is 2.83. The van der Waals surface area contributed by atoms with E-state index in [1.807, 2.05) is 18.4 Å². The van der Waals surface area contributed by atoms with Gasteiger partial charge in [0.15, 0.2) is 0 Å². The molecule has 70 valence electrons. The fourth-order valence-electron chi connectivity index (χ4n) is 1.24. The van der Waals surface area contributed by atoms with Gasteiger partial charge < -0.3 is 5.32 Å². The van der Waals surface area contributed by atoms with Crippen LogP contribution in [0.15, 0.2) is 11.4 Å². The third kappa shape index (κ3) is 2.10. The number of nitrogens with one attached hydrogen (secondary N) is 1. The minimum atomic E-state index is 0.0967. The summed E-state index contributed by atoms with van der Waals surface area (Å²) in [4.78, 5) is 12.4. The van der Waals surface area contributed by atoms with Gasteiger partial charge in [-0.15, -0.1) is 11.3 Å². The van der Waals surface area contributed by atoms with Crippen molar-refractivity contribution in [3.05, 3.63) is 21.9 Å². The molecule has 0 aliphatic heterocycles. The van der Waals surface area contributed by atoms with Crippen LogP contribution in [0.2, 0.25) is 0 Å². The highest BCUT2D eigenvalue weighted by molar-refractivity contribution is 7.12. The summed E-state index contributed by atoms with van der Waals surface area (Å²) in [6.07, 6.45) is 2.56. The number of carbonyl (C=O) groups is 1. The van der Waals surface area contributed by atoms with E-state index >= 15 is 0 Å². The summed E-state index contributed by atoms with van der Waals surface area (Å²) in [5, 5.41) is 4.92. The summed E-state index contributed by atoms with van der Waals surface area (Å²) in [5.41, 5.74) is 1.08. The van der Waals surface area contributed by atoms with E-state index in [-0.39, 0.29) is 5.91 Å². The molecule has 0 saturated heterocycles. The van der Waals surface area contributed by atoms with Crippen molar-refractivity contribution in [1.29, 1.82) is 0 Å². The standard InChI is InChI=1S/C10H13NOS/c1-7-4-5-13-9(7)10(12)11-6-8-2-3-8/h4-5,8H,2-3,6H2,1H3,(H,11,12). The first-order valence-electron chi connectivity index (χ1n) is 4.59. The first-order chi connectivity index (χ1) is 6.27. The van der Waals surface area contributed by atoms with Crippen LogP contribution in [-0.4, -0.2) is 12.5 Å². The third-order valence-electron chi connectivity index (χ3n) is 2.32. The molecule has 1 aromatic heterocycles. The van der Waals surface area contributed by atoms with Crippen LogP contribution in [0.3, 0.4) is 0 Å². The molecule has 0 spiro atoms. The van der Waals surface area contributed by atoms with Crippen LogP contribution in [0.1, 0.15) is 28.1 Å². The van der Waals surface area contributed by atoms with E-state index in [1.165, 1.54) is 24.2 Å². The second-order valence-corrected chi connectivity index (χ2v) is 4.50.